The van der Waals surface area contributed by atoms with Crippen molar-refractivity contribution in [1.29, 1.82) is 5.26 Å². The van der Waals surface area contributed by atoms with Crippen LogP contribution in [0.2, 0.25) is 0 Å². The minimum atomic E-state index is -4.69. The summed E-state index contributed by atoms with van der Waals surface area (Å²) < 4.78 is 52.5. The first-order chi connectivity index (χ1) is 12.6. The van der Waals surface area contributed by atoms with Gasteiger partial charge in [-0.2, -0.15) is 18.4 Å². The zero-order valence-corrected chi connectivity index (χ0v) is 15.3. The van der Waals surface area contributed by atoms with E-state index in [2.05, 4.69) is 4.98 Å². The molecule has 27 heavy (non-hydrogen) atoms. The molecular weight excluding hydrogens is 382 g/mol. The van der Waals surface area contributed by atoms with Gasteiger partial charge in [0.25, 0.3) is 0 Å². The van der Waals surface area contributed by atoms with E-state index in [1.807, 2.05) is 0 Å². The summed E-state index contributed by atoms with van der Waals surface area (Å²) in [6.07, 6.45) is -4.69. The van der Waals surface area contributed by atoms with Gasteiger partial charge in [0.05, 0.1) is 16.9 Å². The number of benzene rings is 1. The molecule has 0 aliphatic carbocycles. The molecule has 0 radical (unpaired) electrons. The molecule has 1 aromatic heterocycles. The number of carbonyl (C=O) groups is 1. The number of aromatic nitrogens is 1. The van der Waals surface area contributed by atoms with Gasteiger partial charge in [-0.3, -0.25) is 4.79 Å². The second-order valence-electron chi connectivity index (χ2n) is 5.77. The van der Waals surface area contributed by atoms with E-state index in [4.69, 9.17) is 5.26 Å². The number of nitrogens with zero attached hydrogens (tertiary/aromatic N) is 3. The molecule has 9 heteroatoms. The molecule has 2 aromatic rings. The molecule has 142 valence electrons. The zero-order valence-electron chi connectivity index (χ0n) is 14.5. The van der Waals surface area contributed by atoms with Crippen LogP contribution in [0.15, 0.2) is 35.4 Å². The molecule has 0 atom stereocenters. The van der Waals surface area contributed by atoms with Crippen LogP contribution in [-0.2, 0) is 17.5 Å². The van der Waals surface area contributed by atoms with E-state index in [9.17, 15) is 22.4 Å². The van der Waals surface area contributed by atoms with Crippen molar-refractivity contribution < 1.29 is 22.4 Å². The number of carbonyl (C=O) groups excluding carboxylic acids is 1. The molecule has 0 bridgehead atoms. The Kier molecular flexibility index (Phi) is 6.44. The first kappa shape index (κ1) is 20.7. The maximum Gasteiger partial charge on any atom is 0.417 e. The number of aryl methyl sites for hydroxylation is 1. The highest BCUT2D eigenvalue weighted by Crippen LogP contribution is 2.35. The summed E-state index contributed by atoms with van der Waals surface area (Å²) in [6, 6.07) is 8.09. The smallest absolute Gasteiger partial charge is 0.341 e. The van der Waals surface area contributed by atoms with Gasteiger partial charge in [0.15, 0.2) is 0 Å². The zero-order chi connectivity index (χ0) is 20.2. The third kappa shape index (κ3) is 5.44. The molecule has 0 spiro atoms. The highest BCUT2D eigenvalue weighted by molar-refractivity contribution is 8.00. The Morgan fingerprint density at radius 1 is 1.33 bits per heavy atom. The number of nitriles is 1. The molecule has 4 nitrogen and oxygen atoms in total. The lowest BCUT2D eigenvalue weighted by Gasteiger charge is -2.18. The molecule has 1 amide bonds. The molecule has 0 aliphatic rings. The minimum absolute atomic E-state index is 0.101. The van der Waals surface area contributed by atoms with Crippen LogP contribution >= 0.6 is 11.8 Å². The molecule has 0 unspecified atom stereocenters. The van der Waals surface area contributed by atoms with Gasteiger partial charge in [0, 0.05) is 19.3 Å². The van der Waals surface area contributed by atoms with Crippen molar-refractivity contribution >= 4 is 17.7 Å². The number of halogens is 4. The molecule has 0 N–H and O–H groups in total. The van der Waals surface area contributed by atoms with Gasteiger partial charge in [-0.05, 0) is 30.7 Å². The van der Waals surface area contributed by atoms with E-state index < -0.39 is 23.1 Å². The van der Waals surface area contributed by atoms with Crippen LogP contribution in [0, 0.1) is 24.1 Å². The fourth-order valence-corrected chi connectivity index (χ4v) is 3.31. The number of hydrogen-bond donors (Lipinski definition) is 0. The van der Waals surface area contributed by atoms with E-state index in [0.717, 1.165) is 17.8 Å². The SMILES string of the molecule is Cc1cc(C(F)(F)F)c(C#N)c(SCC(=O)N(C)Cc2cccc(F)c2)n1. The lowest BCUT2D eigenvalue weighted by molar-refractivity contribution is -0.138. The first-order valence-electron chi connectivity index (χ1n) is 7.72. The monoisotopic (exact) mass is 397 g/mol. The highest BCUT2D eigenvalue weighted by atomic mass is 32.2. The summed E-state index contributed by atoms with van der Waals surface area (Å²) in [6.45, 7) is 1.54. The fraction of sp³-hybridized carbons (Fsp3) is 0.278. The van der Waals surface area contributed by atoms with Gasteiger partial charge in [0.1, 0.15) is 16.9 Å². The predicted molar refractivity (Wildman–Crippen MR) is 92.3 cm³/mol. The summed E-state index contributed by atoms with van der Waals surface area (Å²) in [5, 5.41) is 8.97. The third-order valence-electron chi connectivity index (χ3n) is 3.60. The summed E-state index contributed by atoms with van der Waals surface area (Å²) >= 11 is 0.767. The molecular formula is C18H15F4N3OS. The highest BCUT2D eigenvalue weighted by Gasteiger charge is 2.35. The van der Waals surface area contributed by atoms with Crippen LogP contribution in [0.1, 0.15) is 22.4 Å². The van der Waals surface area contributed by atoms with E-state index in [1.54, 1.807) is 6.07 Å². The number of pyridine rings is 1. The van der Waals surface area contributed by atoms with Crippen molar-refractivity contribution in [2.45, 2.75) is 24.7 Å². The molecule has 1 heterocycles. The molecule has 2 rings (SSSR count). The van der Waals surface area contributed by atoms with Crippen molar-refractivity contribution in [3.8, 4) is 6.07 Å². The Labute approximate surface area is 157 Å². The van der Waals surface area contributed by atoms with E-state index in [-0.39, 0.29) is 28.9 Å². The average molecular weight is 397 g/mol. The van der Waals surface area contributed by atoms with Crippen LogP contribution in [0.4, 0.5) is 17.6 Å². The molecule has 0 saturated heterocycles. The van der Waals surface area contributed by atoms with Crippen LogP contribution in [0.3, 0.4) is 0 Å². The van der Waals surface area contributed by atoms with E-state index in [1.165, 1.54) is 43.1 Å². The summed E-state index contributed by atoms with van der Waals surface area (Å²) in [7, 11) is 1.50. The van der Waals surface area contributed by atoms with Crippen molar-refractivity contribution in [3.63, 3.8) is 0 Å². The lowest BCUT2D eigenvalue weighted by atomic mass is 10.1. The molecule has 1 aromatic carbocycles. The Balaban J connectivity index is 2.13. The number of amides is 1. The average Bonchev–Trinajstić information content (AvgIpc) is 2.58. The quantitative estimate of drug-likeness (QED) is 0.561. The second-order valence-corrected chi connectivity index (χ2v) is 6.73. The maximum absolute atomic E-state index is 13.2. The normalized spacial score (nSPS) is 11.1. The van der Waals surface area contributed by atoms with Crippen molar-refractivity contribution in [1.82, 2.24) is 9.88 Å². The van der Waals surface area contributed by atoms with Gasteiger partial charge in [-0.15, -0.1) is 0 Å². The topological polar surface area (TPSA) is 57.0 Å². The first-order valence-corrected chi connectivity index (χ1v) is 8.70. The van der Waals surface area contributed by atoms with Gasteiger partial charge in [0.2, 0.25) is 5.91 Å². The van der Waals surface area contributed by atoms with E-state index >= 15 is 0 Å². The number of alkyl halides is 3. The Morgan fingerprint density at radius 3 is 2.63 bits per heavy atom. The summed E-state index contributed by atoms with van der Waals surface area (Å²) in [5.74, 6) is -1.01. The van der Waals surface area contributed by atoms with Crippen LogP contribution in [-0.4, -0.2) is 28.6 Å². The van der Waals surface area contributed by atoms with Gasteiger partial charge in [-0.1, -0.05) is 23.9 Å². The number of rotatable bonds is 5. The largest absolute Gasteiger partial charge is 0.417 e. The van der Waals surface area contributed by atoms with Crippen molar-refractivity contribution in [2.75, 3.05) is 12.8 Å². The number of thioether (sulfide) groups is 1. The Hall–Kier alpha value is -2.60. The van der Waals surface area contributed by atoms with Crippen molar-refractivity contribution in [2.24, 2.45) is 0 Å². The molecule has 0 aliphatic heterocycles. The van der Waals surface area contributed by atoms with Crippen LogP contribution < -0.4 is 0 Å². The van der Waals surface area contributed by atoms with Gasteiger partial charge in [-0.25, -0.2) is 9.37 Å². The standard InChI is InChI=1S/C18H15F4N3OS/c1-11-6-15(18(20,21)22)14(8-23)17(24-11)27-10-16(26)25(2)9-12-4-3-5-13(19)7-12/h3-7H,9-10H2,1-2H3. The molecule has 0 fully saturated rings. The summed E-state index contributed by atoms with van der Waals surface area (Å²) in [4.78, 5) is 17.5. The van der Waals surface area contributed by atoms with Crippen LogP contribution in [0.5, 0.6) is 0 Å². The summed E-state index contributed by atoms with van der Waals surface area (Å²) in [5.41, 5.74) is -0.981. The Bertz CT molecular complexity index is 893. The maximum atomic E-state index is 13.2. The second kappa shape index (κ2) is 8.39. The molecule has 0 saturated carbocycles. The Morgan fingerprint density at radius 2 is 2.04 bits per heavy atom. The predicted octanol–water partition coefficient (Wildman–Crippen LogP) is 4.17. The van der Waals surface area contributed by atoms with Crippen LogP contribution in [0.25, 0.3) is 0 Å². The third-order valence-corrected chi connectivity index (χ3v) is 4.56. The minimum Gasteiger partial charge on any atom is -0.341 e. The lowest BCUT2D eigenvalue weighted by Crippen LogP contribution is -2.28. The van der Waals surface area contributed by atoms with E-state index in [0.29, 0.717) is 5.56 Å². The number of hydrogen-bond acceptors (Lipinski definition) is 4. The van der Waals surface area contributed by atoms with Crippen molar-refractivity contribution in [3.05, 3.63) is 58.5 Å². The van der Waals surface area contributed by atoms with Gasteiger partial charge < -0.3 is 4.90 Å². The van der Waals surface area contributed by atoms with Gasteiger partial charge >= 0.3 is 6.18 Å². The fourth-order valence-electron chi connectivity index (χ4n) is 2.32.